The molecule has 0 aliphatic carbocycles. The Balaban J connectivity index is 2.01. The molecule has 0 aliphatic rings. The quantitative estimate of drug-likeness (QED) is 0.859. The molecule has 1 heterocycles. The summed E-state index contributed by atoms with van der Waals surface area (Å²) in [4.78, 5) is 23.5. The van der Waals surface area contributed by atoms with Crippen molar-refractivity contribution in [2.75, 3.05) is 6.54 Å². The third-order valence-corrected chi connectivity index (χ3v) is 3.67. The molecular weight excluding hydrogens is 294 g/mol. The fraction of sp³-hybridized carbons (Fsp3) is 0.333. The molecule has 1 aromatic carbocycles. The van der Waals surface area contributed by atoms with Crippen LogP contribution in [0.3, 0.4) is 0 Å². The topological polar surface area (TPSA) is 79.5 Å². The Morgan fingerprint density at radius 2 is 1.96 bits per heavy atom. The third kappa shape index (κ3) is 4.45. The van der Waals surface area contributed by atoms with Gasteiger partial charge in [0.1, 0.15) is 5.76 Å². The van der Waals surface area contributed by atoms with E-state index < -0.39 is 11.9 Å². The van der Waals surface area contributed by atoms with Gasteiger partial charge in [0.05, 0.1) is 5.92 Å². The van der Waals surface area contributed by atoms with E-state index in [0.29, 0.717) is 12.2 Å². The lowest BCUT2D eigenvalue weighted by molar-refractivity contribution is -0.141. The molecule has 0 radical (unpaired) electrons. The van der Waals surface area contributed by atoms with Crippen LogP contribution in [-0.4, -0.2) is 23.5 Å². The largest absolute Gasteiger partial charge is 0.481 e. The molecule has 0 saturated heterocycles. The average Bonchev–Trinajstić information content (AvgIpc) is 2.81. The summed E-state index contributed by atoms with van der Waals surface area (Å²) in [6.07, 6.45) is 0.369. The number of amides is 1. The first kappa shape index (κ1) is 16.8. The number of carboxylic acids is 1. The van der Waals surface area contributed by atoms with E-state index >= 15 is 0 Å². The van der Waals surface area contributed by atoms with Crippen molar-refractivity contribution in [3.8, 4) is 0 Å². The molecule has 1 amide bonds. The number of nitrogens with one attached hydrogen (secondary N) is 1. The van der Waals surface area contributed by atoms with Crippen LogP contribution in [0.1, 0.15) is 33.0 Å². The second-order valence-electron chi connectivity index (χ2n) is 5.81. The number of furan rings is 1. The highest BCUT2D eigenvalue weighted by atomic mass is 16.4. The van der Waals surface area contributed by atoms with Gasteiger partial charge in [0.25, 0.3) is 5.91 Å². The van der Waals surface area contributed by atoms with E-state index in [4.69, 9.17) is 4.42 Å². The number of rotatable bonds is 6. The molecule has 0 aliphatic heterocycles. The molecule has 0 spiro atoms. The second-order valence-corrected chi connectivity index (χ2v) is 5.81. The van der Waals surface area contributed by atoms with Gasteiger partial charge < -0.3 is 14.8 Å². The first-order valence-electron chi connectivity index (χ1n) is 7.50. The summed E-state index contributed by atoms with van der Waals surface area (Å²) in [5.41, 5.74) is 2.76. The highest BCUT2D eigenvalue weighted by Gasteiger charge is 2.21. The van der Waals surface area contributed by atoms with Crippen molar-refractivity contribution in [2.24, 2.45) is 5.92 Å². The number of aliphatic carboxylic acids is 1. The minimum Gasteiger partial charge on any atom is -0.481 e. The summed E-state index contributed by atoms with van der Waals surface area (Å²) in [6, 6.07) is 9.49. The number of hydrogen-bond acceptors (Lipinski definition) is 3. The standard InChI is InChI=1S/C18H21NO4/c1-11-5-4-6-14(7-11)9-15(18(21)22)10-19-17(20)16-12(2)8-13(3)23-16/h4-8,15H,9-10H2,1-3H3,(H,19,20)(H,21,22). The second kappa shape index (κ2) is 7.13. The highest BCUT2D eigenvalue weighted by molar-refractivity contribution is 5.93. The Kier molecular flexibility index (Phi) is 5.21. The fourth-order valence-corrected chi connectivity index (χ4v) is 2.53. The van der Waals surface area contributed by atoms with E-state index in [1.165, 1.54) is 0 Å². The normalized spacial score (nSPS) is 12.0. The van der Waals surface area contributed by atoms with Gasteiger partial charge in [-0.2, -0.15) is 0 Å². The van der Waals surface area contributed by atoms with Gasteiger partial charge in [0.15, 0.2) is 5.76 Å². The molecule has 1 aromatic heterocycles. The highest BCUT2D eigenvalue weighted by Crippen LogP contribution is 2.14. The molecule has 23 heavy (non-hydrogen) atoms. The SMILES string of the molecule is Cc1cccc(CC(CNC(=O)c2oc(C)cc2C)C(=O)O)c1. The molecule has 1 unspecified atom stereocenters. The van der Waals surface area contributed by atoms with Crippen LogP contribution >= 0.6 is 0 Å². The van der Waals surface area contributed by atoms with Crippen molar-refractivity contribution < 1.29 is 19.1 Å². The summed E-state index contributed by atoms with van der Waals surface area (Å²) < 4.78 is 5.34. The zero-order valence-electron chi connectivity index (χ0n) is 13.6. The Hall–Kier alpha value is -2.56. The van der Waals surface area contributed by atoms with Gasteiger partial charge in [-0.1, -0.05) is 29.8 Å². The average molecular weight is 315 g/mol. The molecule has 0 bridgehead atoms. The van der Waals surface area contributed by atoms with Crippen molar-refractivity contribution in [1.29, 1.82) is 0 Å². The van der Waals surface area contributed by atoms with E-state index in [1.54, 1.807) is 19.9 Å². The van der Waals surface area contributed by atoms with Crippen LogP contribution in [0.2, 0.25) is 0 Å². The molecule has 5 nitrogen and oxygen atoms in total. The van der Waals surface area contributed by atoms with Crippen molar-refractivity contribution in [1.82, 2.24) is 5.32 Å². The lowest BCUT2D eigenvalue weighted by atomic mass is 9.98. The van der Waals surface area contributed by atoms with Crippen LogP contribution < -0.4 is 5.32 Å². The number of carbonyl (C=O) groups excluding carboxylic acids is 1. The van der Waals surface area contributed by atoms with Gasteiger partial charge in [0.2, 0.25) is 0 Å². The predicted octanol–water partition coefficient (Wildman–Crippen LogP) is 2.88. The molecule has 5 heteroatoms. The molecule has 2 N–H and O–H groups in total. The molecule has 0 fully saturated rings. The minimum absolute atomic E-state index is 0.0568. The first-order valence-corrected chi connectivity index (χ1v) is 7.50. The lowest BCUT2D eigenvalue weighted by Gasteiger charge is -2.13. The van der Waals surface area contributed by atoms with Gasteiger partial charge in [0, 0.05) is 12.1 Å². The minimum atomic E-state index is -0.931. The zero-order valence-corrected chi connectivity index (χ0v) is 13.6. The number of carbonyl (C=O) groups is 2. The maximum atomic E-state index is 12.1. The van der Waals surface area contributed by atoms with Crippen LogP contribution in [0, 0.1) is 26.7 Å². The first-order chi connectivity index (χ1) is 10.9. The summed E-state index contributed by atoms with van der Waals surface area (Å²) in [5, 5.41) is 12.0. The third-order valence-electron chi connectivity index (χ3n) is 3.67. The monoisotopic (exact) mass is 315 g/mol. The van der Waals surface area contributed by atoms with E-state index in [-0.39, 0.29) is 18.2 Å². The van der Waals surface area contributed by atoms with Crippen molar-refractivity contribution in [3.63, 3.8) is 0 Å². The molecule has 2 aromatic rings. The van der Waals surface area contributed by atoms with Gasteiger partial charge in [-0.05, 0) is 38.8 Å². The molecule has 2 rings (SSSR count). The summed E-state index contributed by atoms with van der Waals surface area (Å²) in [7, 11) is 0. The summed E-state index contributed by atoms with van der Waals surface area (Å²) in [6.45, 7) is 5.57. The fourth-order valence-electron chi connectivity index (χ4n) is 2.53. The maximum Gasteiger partial charge on any atom is 0.308 e. The van der Waals surface area contributed by atoms with Crippen LogP contribution in [0.4, 0.5) is 0 Å². The van der Waals surface area contributed by atoms with Gasteiger partial charge in [-0.15, -0.1) is 0 Å². The maximum absolute atomic E-state index is 12.1. The summed E-state index contributed by atoms with van der Waals surface area (Å²) >= 11 is 0. The number of aryl methyl sites for hydroxylation is 3. The van der Waals surface area contributed by atoms with E-state index in [9.17, 15) is 14.7 Å². The van der Waals surface area contributed by atoms with E-state index in [1.807, 2.05) is 31.2 Å². The van der Waals surface area contributed by atoms with Gasteiger partial charge in [-0.3, -0.25) is 9.59 Å². The Morgan fingerprint density at radius 3 is 2.52 bits per heavy atom. The van der Waals surface area contributed by atoms with Crippen LogP contribution in [0.15, 0.2) is 34.7 Å². The van der Waals surface area contributed by atoms with E-state index in [0.717, 1.165) is 16.7 Å². The molecular formula is C18H21NO4. The number of carboxylic acid groups (broad SMARTS) is 1. The number of hydrogen-bond donors (Lipinski definition) is 2. The van der Waals surface area contributed by atoms with Crippen molar-refractivity contribution in [3.05, 3.63) is 58.5 Å². The van der Waals surface area contributed by atoms with Crippen LogP contribution in [-0.2, 0) is 11.2 Å². The lowest BCUT2D eigenvalue weighted by Crippen LogP contribution is -2.34. The molecule has 0 saturated carbocycles. The van der Waals surface area contributed by atoms with Gasteiger partial charge in [-0.25, -0.2) is 0 Å². The molecule has 1 atom stereocenters. The Bertz CT molecular complexity index is 718. The van der Waals surface area contributed by atoms with E-state index in [2.05, 4.69) is 5.32 Å². The summed E-state index contributed by atoms with van der Waals surface area (Å²) in [5.74, 6) is -1.10. The zero-order chi connectivity index (χ0) is 17.0. The Labute approximate surface area is 135 Å². The van der Waals surface area contributed by atoms with Crippen LogP contribution in [0.5, 0.6) is 0 Å². The van der Waals surface area contributed by atoms with Crippen molar-refractivity contribution >= 4 is 11.9 Å². The molecule has 122 valence electrons. The van der Waals surface area contributed by atoms with Crippen molar-refractivity contribution in [2.45, 2.75) is 27.2 Å². The predicted molar refractivity (Wildman–Crippen MR) is 86.5 cm³/mol. The Morgan fingerprint density at radius 1 is 1.22 bits per heavy atom. The van der Waals surface area contributed by atoms with Gasteiger partial charge >= 0.3 is 5.97 Å². The smallest absolute Gasteiger partial charge is 0.308 e. The van der Waals surface area contributed by atoms with Crippen LogP contribution in [0.25, 0.3) is 0 Å². The number of benzene rings is 1.